The van der Waals surface area contributed by atoms with Crippen LogP contribution in [0.4, 0.5) is 0 Å². The molecule has 3 aliphatic rings. The normalized spacial score (nSPS) is 23.1. The lowest BCUT2D eigenvalue weighted by molar-refractivity contribution is -0.144. The largest absolute Gasteiger partial charge is 0.396 e. The van der Waals surface area contributed by atoms with Crippen LogP contribution in [0.1, 0.15) is 108 Å². The van der Waals surface area contributed by atoms with Gasteiger partial charge in [-0.3, -0.25) is 28.8 Å². The summed E-state index contributed by atoms with van der Waals surface area (Å²) >= 11 is 0. The number of aromatic nitrogens is 3. The molecule has 2 fully saturated rings. The van der Waals surface area contributed by atoms with E-state index in [4.69, 9.17) is 4.74 Å². The van der Waals surface area contributed by atoms with Gasteiger partial charge in [-0.25, -0.2) is 0 Å². The number of carbonyl (C=O) groups excluding carboxylic acids is 5. The van der Waals surface area contributed by atoms with Gasteiger partial charge in [-0.2, -0.15) is 0 Å². The summed E-state index contributed by atoms with van der Waals surface area (Å²) < 4.78 is 7.64. The van der Waals surface area contributed by atoms with Gasteiger partial charge in [0.25, 0.3) is 7.41 Å². The highest BCUT2D eigenvalue weighted by atomic mass is 16.5. The SMILES string of the molecule is CCC(CC(C)N1C(=O)C2C3C=CC(C3)C2C1=O)CN(Bc1cn(CC(C)(C)COCC(C)(C)C=O)nn1)C(=O)C(C)CC(CC)C(=O)NC(C)(C)CCO. The number of aliphatic hydroxyl groups excluding tert-OH is 1. The summed E-state index contributed by atoms with van der Waals surface area (Å²) in [6.07, 6.45) is 10.5. The van der Waals surface area contributed by atoms with Crippen molar-refractivity contribution >= 4 is 42.9 Å². The van der Waals surface area contributed by atoms with Crippen molar-refractivity contribution < 1.29 is 33.8 Å². The first-order valence-corrected chi connectivity index (χ1v) is 20.4. The second kappa shape index (κ2) is 18.3. The van der Waals surface area contributed by atoms with E-state index in [9.17, 15) is 29.1 Å². The molecular weight excluding hydrogens is 699 g/mol. The summed E-state index contributed by atoms with van der Waals surface area (Å²) in [7, 11) is 0.214. The predicted octanol–water partition coefficient (Wildman–Crippen LogP) is 3.29. The third kappa shape index (κ3) is 11.1. The van der Waals surface area contributed by atoms with Crippen molar-refractivity contribution in [2.45, 2.75) is 126 Å². The van der Waals surface area contributed by atoms with Gasteiger partial charge in [-0.05, 0) is 70.6 Å². The molecule has 8 unspecified atom stereocenters. The molecule has 1 aliphatic heterocycles. The van der Waals surface area contributed by atoms with Crippen molar-refractivity contribution in [1.82, 2.24) is 30.0 Å². The Bertz CT molecular complexity index is 1530. The zero-order chi connectivity index (χ0) is 40.9. The Morgan fingerprint density at radius 2 is 1.67 bits per heavy atom. The van der Waals surface area contributed by atoms with E-state index >= 15 is 0 Å². The lowest BCUT2D eigenvalue weighted by atomic mass is 9.81. The predicted molar refractivity (Wildman–Crippen MR) is 212 cm³/mol. The van der Waals surface area contributed by atoms with Gasteiger partial charge in [-0.1, -0.05) is 72.3 Å². The minimum Gasteiger partial charge on any atom is -0.396 e. The first kappa shape index (κ1) is 44.3. The molecule has 1 aromatic heterocycles. The smallest absolute Gasteiger partial charge is 0.299 e. The number of ether oxygens (including phenoxy) is 1. The van der Waals surface area contributed by atoms with E-state index in [2.05, 4.69) is 48.6 Å². The summed E-state index contributed by atoms with van der Waals surface area (Å²) in [5, 5.41) is 21.4. The molecule has 2 N–H and O–H groups in total. The standard InChI is InChI=1S/C41H67BN6O7/c1-11-28(18-27(4)48-37(53)33-30-13-14-31(19-30)34(33)38(48)54)20-47(36(52)26(3)17-29(12-2)35(51)43-41(9,10)15-16-49)42-32-21-46(45-44-32)22-39(5,6)24-55-25-40(7,8)23-50/h13-14,21,23,26-31,33-34,42,49H,11-12,15-20,22,24-25H2,1-10H3,(H,43,51). The number of nitrogens with one attached hydrogen (secondary N) is 1. The Kier molecular flexibility index (Phi) is 14.7. The minimum absolute atomic E-state index is 0.00617. The van der Waals surface area contributed by atoms with Gasteiger partial charge in [0.05, 0.1) is 30.6 Å². The van der Waals surface area contributed by atoms with Crippen LogP contribution in [0, 0.1) is 52.3 Å². The van der Waals surface area contributed by atoms with Crippen molar-refractivity contribution in [3.05, 3.63) is 18.3 Å². The first-order chi connectivity index (χ1) is 25.7. The molecule has 8 atom stereocenters. The molecule has 1 saturated carbocycles. The van der Waals surface area contributed by atoms with Gasteiger partial charge in [0.1, 0.15) is 6.29 Å². The van der Waals surface area contributed by atoms with Crippen LogP contribution in [0.25, 0.3) is 0 Å². The van der Waals surface area contributed by atoms with E-state index in [0.717, 1.165) is 19.1 Å². The van der Waals surface area contributed by atoms with Crippen molar-refractivity contribution in [2.24, 2.45) is 52.3 Å². The number of imide groups is 1. The number of hydrogen-bond donors (Lipinski definition) is 2. The monoisotopic (exact) mass is 767 g/mol. The van der Waals surface area contributed by atoms with Crippen LogP contribution in [-0.2, 0) is 35.3 Å². The Hall–Kier alpha value is -3.39. The van der Waals surface area contributed by atoms with E-state index in [1.54, 1.807) is 4.68 Å². The van der Waals surface area contributed by atoms with Gasteiger partial charge in [0.15, 0.2) is 0 Å². The lowest BCUT2D eigenvalue weighted by Gasteiger charge is -2.33. The molecule has 0 spiro atoms. The van der Waals surface area contributed by atoms with Crippen molar-refractivity contribution in [3.63, 3.8) is 0 Å². The van der Waals surface area contributed by atoms with E-state index in [-0.39, 0.29) is 84.6 Å². The number of likely N-dealkylation sites (tertiary alicyclic amines) is 1. The molecule has 1 aromatic rings. The van der Waals surface area contributed by atoms with Crippen LogP contribution in [0.2, 0.25) is 0 Å². The van der Waals surface area contributed by atoms with Crippen LogP contribution in [0.3, 0.4) is 0 Å². The van der Waals surface area contributed by atoms with Crippen molar-refractivity contribution in [3.8, 4) is 0 Å². The maximum Gasteiger partial charge on any atom is 0.299 e. The average Bonchev–Trinajstić information content (AvgIpc) is 3.89. The van der Waals surface area contributed by atoms with Gasteiger partial charge < -0.3 is 24.8 Å². The van der Waals surface area contributed by atoms with Gasteiger partial charge in [-0.15, -0.1) is 5.10 Å². The van der Waals surface area contributed by atoms with Crippen molar-refractivity contribution in [1.29, 1.82) is 0 Å². The number of nitrogens with zero attached hydrogens (tertiary/aromatic N) is 5. The molecule has 2 heterocycles. The van der Waals surface area contributed by atoms with Crippen LogP contribution in [0.5, 0.6) is 0 Å². The average molecular weight is 767 g/mol. The van der Waals surface area contributed by atoms with E-state index in [0.29, 0.717) is 57.6 Å². The highest BCUT2D eigenvalue weighted by Crippen LogP contribution is 2.53. The molecule has 4 amide bonds. The van der Waals surface area contributed by atoms with Crippen LogP contribution in [-0.4, -0.2) is 105 Å². The van der Waals surface area contributed by atoms with Gasteiger partial charge in [0, 0.05) is 60.1 Å². The number of allylic oxidation sites excluding steroid dienone is 2. The number of aliphatic hydroxyl groups is 1. The topological polar surface area (TPSA) is 164 Å². The molecule has 1 saturated heterocycles. The number of aldehydes is 1. The summed E-state index contributed by atoms with van der Waals surface area (Å²) in [5.41, 5.74) is -0.823. The number of carbonyl (C=O) groups is 5. The molecule has 13 nitrogen and oxygen atoms in total. The summed E-state index contributed by atoms with van der Waals surface area (Å²) in [4.78, 5) is 69.6. The molecular formula is C41H67BN6O7. The second-order valence-electron chi connectivity index (χ2n) is 18.9. The van der Waals surface area contributed by atoms with Crippen LogP contribution in [0.15, 0.2) is 18.3 Å². The van der Waals surface area contributed by atoms with Crippen molar-refractivity contribution in [2.75, 3.05) is 26.4 Å². The highest BCUT2D eigenvalue weighted by Gasteiger charge is 2.60. The summed E-state index contributed by atoms with van der Waals surface area (Å²) in [6, 6.07) is -0.304. The number of fused-ring (bicyclic) bond motifs is 5. The summed E-state index contributed by atoms with van der Waals surface area (Å²) in [5.74, 6) is -1.41. The van der Waals surface area contributed by atoms with Gasteiger partial charge in [0.2, 0.25) is 23.6 Å². The van der Waals surface area contributed by atoms with E-state index < -0.39 is 16.9 Å². The molecule has 55 heavy (non-hydrogen) atoms. The molecule has 0 aromatic carbocycles. The Labute approximate surface area is 329 Å². The lowest BCUT2D eigenvalue weighted by Crippen LogP contribution is -2.49. The van der Waals surface area contributed by atoms with Gasteiger partial charge >= 0.3 is 0 Å². The highest BCUT2D eigenvalue weighted by molar-refractivity contribution is 6.52. The molecule has 2 bridgehead atoms. The number of amides is 4. The maximum absolute atomic E-state index is 14.4. The van der Waals surface area contributed by atoms with Crippen LogP contribution < -0.4 is 10.9 Å². The maximum atomic E-state index is 14.4. The van der Waals surface area contributed by atoms with E-state index in [1.165, 1.54) is 4.90 Å². The molecule has 306 valence electrons. The summed E-state index contributed by atoms with van der Waals surface area (Å²) in [6.45, 7) is 21.0. The first-order valence-electron chi connectivity index (χ1n) is 20.4. The Morgan fingerprint density at radius 1 is 1.04 bits per heavy atom. The second-order valence-corrected chi connectivity index (χ2v) is 18.9. The molecule has 4 rings (SSSR count). The third-order valence-corrected chi connectivity index (χ3v) is 11.9. The zero-order valence-corrected chi connectivity index (χ0v) is 35.0. The van der Waals surface area contributed by atoms with Crippen LogP contribution >= 0.6 is 0 Å². The zero-order valence-electron chi connectivity index (χ0n) is 35.0. The minimum atomic E-state index is -0.574. The molecule has 14 heteroatoms. The van der Waals surface area contributed by atoms with E-state index in [1.807, 2.05) is 59.5 Å². The Balaban J connectivity index is 1.49. The molecule has 2 aliphatic carbocycles. The fourth-order valence-electron chi connectivity index (χ4n) is 8.73. The quantitative estimate of drug-likeness (QED) is 0.0737. The Morgan fingerprint density at radius 3 is 2.24 bits per heavy atom. The number of hydrogen-bond acceptors (Lipinski definition) is 9. The molecule has 0 radical (unpaired) electrons. The fourth-order valence-corrected chi connectivity index (χ4v) is 8.73. The third-order valence-electron chi connectivity index (χ3n) is 11.9. The fraction of sp³-hybridized carbons (Fsp3) is 0.780. The number of rotatable bonds is 23.